The van der Waals surface area contributed by atoms with Crippen LogP contribution in [0.3, 0.4) is 0 Å². The van der Waals surface area contributed by atoms with Crippen LogP contribution in [-0.2, 0) is 16.6 Å². The van der Waals surface area contributed by atoms with E-state index >= 15 is 0 Å². The lowest BCUT2D eigenvalue weighted by atomic mass is 10.1. The van der Waals surface area contributed by atoms with Crippen molar-refractivity contribution in [3.05, 3.63) is 94.5 Å². The van der Waals surface area contributed by atoms with Crippen LogP contribution >= 0.6 is 11.6 Å². The molecule has 0 saturated carbocycles. The molecule has 3 aromatic carbocycles. The fourth-order valence-electron chi connectivity index (χ4n) is 3.03. The van der Waals surface area contributed by atoms with E-state index in [1.165, 1.54) is 36.5 Å². The van der Waals surface area contributed by atoms with Gasteiger partial charge in [-0.3, -0.25) is 9.59 Å². The Bertz CT molecular complexity index is 1230. The number of hydrogen-bond acceptors (Lipinski definition) is 4. The normalized spacial score (nSPS) is 11.4. The number of nitrogens with one attached hydrogen (secondary N) is 1. The molecule has 1 amide bonds. The summed E-state index contributed by atoms with van der Waals surface area (Å²) in [7, 11) is -2.39. The van der Waals surface area contributed by atoms with E-state index in [1.807, 2.05) is 30.3 Å². The van der Waals surface area contributed by atoms with Crippen molar-refractivity contribution in [2.75, 3.05) is 12.4 Å². The Balaban J connectivity index is 1.89. The van der Waals surface area contributed by atoms with Crippen LogP contribution in [-0.4, -0.2) is 31.5 Å². The summed E-state index contributed by atoms with van der Waals surface area (Å²) in [5.41, 5.74) is 1.50. The quantitative estimate of drug-likeness (QED) is 0.526. The Labute approximate surface area is 186 Å². The predicted octanol–water partition coefficient (Wildman–Crippen LogP) is 4.62. The average molecular weight is 457 g/mol. The molecule has 0 atom stereocenters. The Morgan fingerprint density at radius 2 is 1.58 bits per heavy atom. The number of Topliss-reactive ketones (excluding diaryl/α,β-unsaturated/α-hetero) is 1. The first-order chi connectivity index (χ1) is 14.7. The van der Waals surface area contributed by atoms with Crippen LogP contribution in [0.2, 0.25) is 5.02 Å². The van der Waals surface area contributed by atoms with Crippen molar-refractivity contribution in [3.63, 3.8) is 0 Å². The van der Waals surface area contributed by atoms with E-state index in [9.17, 15) is 18.0 Å². The minimum atomic E-state index is -3.86. The van der Waals surface area contributed by atoms with Gasteiger partial charge in [-0.25, -0.2) is 8.42 Å². The Morgan fingerprint density at radius 1 is 0.935 bits per heavy atom. The van der Waals surface area contributed by atoms with Gasteiger partial charge in [-0.1, -0.05) is 54.1 Å². The van der Waals surface area contributed by atoms with Crippen LogP contribution in [0.25, 0.3) is 0 Å². The molecule has 1 N–H and O–H groups in total. The third-order valence-electron chi connectivity index (χ3n) is 4.69. The van der Waals surface area contributed by atoms with Gasteiger partial charge in [0.15, 0.2) is 5.78 Å². The molecule has 0 aliphatic heterocycles. The van der Waals surface area contributed by atoms with Crippen molar-refractivity contribution in [2.45, 2.75) is 18.4 Å². The molecule has 0 saturated heterocycles. The van der Waals surface area contributed by atoms with Crippen LogP contribution in [0, 0.1) is 0 Å². The second-order valence-electron chi connectivity index (χ2n) is 6.94. The molecule has 0 radical (unpaired) electrons. The summed E-state index contributed by atoms with van der Waals surface area (Å²) in [4.78, 5) is 24.6. The smallest absolute Gasteiger partial charge is 0.257 e. The fraction of sp³-hybridized carbons (Fsp3) is 0.130. The molecule has 0 fully saturated rings. The van der Waals surface area contributed by atoms with Crippen molar-refractivity contribution >= 4 is 39.0 Å². The second-order valence-corrected chi connectivity index (χ2v) is 9.40. The topological polar surface area (TPSA) is 83.5 Å². The minimum Gasteiger partial charge on any atom is -0.321 e. The number of ketones is 1. The Hall–Kier alpha value is -3.00. The molecule has 0 bridgehead atoms. The van der Waals surface area contributed by atoms with Crippen molar-refractivity contribution < 1.29 is 18.0 Å². The SMILES string of the molecule is CC(=O)c1ccccc1NC(=O)c1cc(S(=O)(=O)N(C)Cc2ccccc2)ccc1Cl. The molecular weight excluding hydrogens is 436 g/mol. The summed E-state index contributed by atoms with van der Waals surface area (Å²) in [5.74, 6) is -0.817. The highest BCUT2D eigenvalue weighted by Gasteiger charge is 2.24. The summed E-state index contributed by atoms with van der Waals surface area (Å²) in [6.07, 6.45) is 0. The van der Waals surface area contributed by atoms with Crippen LogP contribution in [0.5, 0.6) is 0 Å². The standard InChI is InChI=1S/C23H21ClN2O4S/c1-16(27)19-10-6-7-11-22(19)25-23(28)20-14-18(12-13-21(20)24)31(29,30)26(2)15-17-8-4-3-5-9-17/h3-14H,15H2,1-2H3,(H,25,28). The molecule has 0 aliphatic carbocycles. The van der Waals surface area contributed by atoms with Gasteiger partial charge in [0.1, 0.15) is 0 Å². The number of amides is 1. The van der Waals surface area contributed by atoms with Crippen molar-refractivity contribution in [1.82, 2.24) is 4.31 Å². The lowest BCUT2D eigenvalue weighted by molar-refractivity contribution is 0.101. The number of carbonyl (C=O) groups is 2. The lowest BCUT2D eigenvalue weighted by Gasteiger charge is -2.18. The first-order valence-corrected chi connectivity index (χ1v) is 11.2. The molecule has 0 aliphatic rings. The maximum absolute atomic E-state index is 13.0. The fourth-order valence-corrected chi connectivity index (χ4v) is 4.42. The first-order valence-electron chi connectivity index (χ1n) is 9.41. The third-order valence-corrected chi connectivity index (χ3v) is 6.82. The molecule has 0 spiro atoms. The zero-order chi connectivity index (χ0) is 22.6. The maximum atomic E-state index is 13.0. The number of rotatable bonds is 7. The number of sulfonamides is 1. The third kappa shape index (κ3) is 5.19. The molecule has 6 nitrogen and oxygen atoms in total. The number of para-hydroxylation sites is 1. The summed E-state index contributed by atoms with van der Waals surface area (Å²) in [6, 6.07) is 19.7. The first kappa shape index (κ1) is 22.7. The van der Waals surface area contributed by atoms with E-state index in [-0.39, 0.29) is 27.8 Å². The van der Waals surface area contributed by atoms with E-state index in [0.29, 0.717) is 11.3 Å². The van der Waals surface area contributed by atoms with Crippen molar-refractivity contribution in [1.29, 1.82) is 0 Å². The van der Waals surface area contributed by atoms with E-state index in [0.717, 1.165) is 5.56 Å². The monoisotopic (exact) mass is 456 g/mol. The van der Waals surface area contributed by atoms with Crippen LogP contribution in [0.15, 0.2) is 77.7 Å². The highest BCUT2D eigenvalue weighted by atomic mass is 35.5. The molecule has 3 aromatic rings. The van der Waals surface area contributed by atoms with Gasteiger partial charge < -0.3 is 5.32 Å². The molecule has 3 rings (SSSR count). The van der Waals surface area contributed by atoms with E-state index in [2.05, 4.69) is 5.32 Å². The van der Waals surface area contributed by atoms with Gasteiger partial charge in [-0.15, -0.1) is 0 Å². The summed E-state index contributed by atoms with van der Waals surface area (Å²) in [5, 5.41) is 2.74. The summed E-state index contributed by atoms with van der Waals surface area (Å²) in [6.45, 7) is 1.58. The molecule has 0 aromatic heterocycles. The van der Waals surface area contributed by atoms with Crippen LogP contribution in [0.1, 0.15) is 33.2 Å². The van der Waals surface area contributed by atoms with Crippen molar-refractivity contribution in [2.24, 2.45) is 0 Å². The van der Waals surface area contributed by atoms with Gasteiger partial charge in [0, 0.05) is 19.2 Å². The van der Waals surface area contributed by atoms with Gasteiger partial charge in [-0.2, -0.15) is 4.31 Å². The Kier molecular flexibility index (Phi) is 6.90. The molecule has 0 unspecified atom stereocenters. The molecule has 8 heteroatoms. The average Bonchev–Trinajstić information content (AvgIpc) is 2.74. The molecule has 160 valence electrons. The molecule has 0 heterocycles. The van der Waals surface area contributed by atoms with Gasteiger partial charge in [0.2, 0.25) is 10.0 Å². The van der Waals surface area contributed by atoms with E-state index in [4.69, 9.17) is 11.6 Å². The Morgan fingerprint density at radius 3 is 2.26 bits per heavy atom. The molecule has 31 heavy (non-hydrogen) atoms. The maximum Gasteiger partial charge on any atom is 0.257 e. The van der Waals surface area contributed by atoms with Crippen molar-refractivity contribution in [3.8, 4) is 0 Å². The van der Waals surface area contributed by atoms with Crippen LogP contribution in [0.4, 0.5) is 5.69 Å². The number of carbonyl (C=O) groups excluding carboxylic acids is 2. The van der Waals surface area contributed by atoms with E-state index < -0.39 is 15.9 Å². The van der Waals surface area contributed by atoms with Gasteiger partial charge >= 0.3 is 0 Å². The second kappa shape index (κ2) is 9.43. The lowest BCUT2D eigenvalue weighted by Crippen LogP contribution is -2.27. The largest absolute Gasteiger partial charge is 0.321 e. The van der Waals surface area contributed by atoms with E-state index in [1.54, 1.807) is 24.3 Å². The highest BCUT2D eigenvalue weighted by Crippen LogP contribution is 2.25. The zero-order valence-electron chi connectivity index (χ0n) is 17.0. The number of benzene rings is 3. The number of hydrogen-bond donors (Lipinski definition) is 1. The van der Waals surface area contributed by atoms with Gasteiger partial charge in [-0.05, 0) is 42.8 Å². The number of nitrogens with zero attached hydrogens (tertiary/aromatic N) is 1. The molecular formula is C23H21ClN2O4S. The number of halogens is 1. The zero-order valence-corrected chi connectivity index (χ0v) is 18.6. The van der Waals surface area contributed by atoms with Crippen LogP contribution < -0.4 is 5.32 Å². The summed E-state index contributed by atoms with van der Waals surface area (Å²) < 4.78 is 27.3. The minimum absolute atomic E-state index is 0.00536. The highest BCUT2D eigenvalue weighted by molar-refractivity contribution is 7.89. The van der Waals surface area contributed by atoms with Gasteiger partial charge in [0.25, 0.3) is 5.91 Å². The predicted molar refractivity (Wildman–Crippen MR) is 121 cm³/mol. The van der Waals surface area contributed by atoms with Gasteiger partial charge in [0.05, 0.1) is 21.2 Å². The number of anilines is 1. The summed E-state index contributed by atoms with van der Waals surface area (Å²) >= 11 is 6.18.